The molecule has 0 aromatic heterocycles. The minimum Gasteiger partial charge on any atom is -0.231 e. The molecular formula is C9H15NO2S. The number of nitrogens with two attached hydrogens (primary N) is 1. The molecule has 1 aromatic rings. The lowest BCUT2D eigenvalue weighted by Gasteiger charge is -2.00. The Bertz CT molecular complexity index is 317. The second-order valence-corrected chi connectivity index (χ2v) is 3.37. The molecule has 4 heteroatoms. The van der Waals surface area contributed by atoms with Crippen molar-refractivity contribution >= 4 is 10.9 Å². The van der Waals surface area contributed by atoms with Gasteiger partial charge in [-0.3, -0.25) is 0 Å². The predicted molar refractivity (Wildman–Crippen MR) is 55.2 cm³/mol. The van der Waals surface area contributed by atoms with Crippen LogP contribution in [-0.2, 0) is 10.9 Å². The van der Waals surface area contributed by atoms with Crippen LogP contribution in [0.3, 0.4) is 0 Å². The summed E-state index contributed by atoms with van der Waals surface area (Å²) in [5, 5.41) is 4.06. The molecule has 1 aromatic carbocycles. The predicted octanol–water partition coefficient (Wildman–Crippen LogP) is 1.08. The van der Waals surface area contributed by atoms with Gasteiger partial charge in [-0.2, -0.15) is 0 Å². The van der Waals surface area contributed by atoms with Crippen LogP contribution in [-0.4, -0.2) is 8.42 Å². The van der Waals surface area contributed by atoms with Gasteiger partial charge in [0.1, 0.15) is 0 Å². The van der Waals surface area contributed by atoms with Gasteiger partial charge in [0.15, 0.2) is 10.9 Å². The third-order valence-electron chi connectivity index (χ3n) is 1.88. The average molecular weight is 201 g/mol. The summed E-state index contributed by atoms with van der Waals surface area (Å²) >= 11 is 0. The lowest BCUT2D eigenvalue weighted by molar-refractivity contribution is 0.616. The van der Waals surface area contributed by atoms with Crippen LogP contribution in [0.2, 0.25) is 0 Å². The van der Waals surface area contributed by atoms with Crippen molar-refractivity contribution in [2.75, 3.05) is 0 Å². The molecule has 0 spiro atoms. The molecule has 0 saturated heterocycles. The molecule has 0 bridgehead atoms. The van der Waals surface area contributed by atoms with E-state index in [0.717, 1.165) is 0 Å². The Morgan fingerprint density at radius 2 is 1.38 bits per heavy atom. The summed E-state index contributed by atoms with van der Waals surface area (Å²) in [7, 11) is -2.62. The summed E-state index contributed by atoms with van der Waals surface area (Å²) in [4.78, 5) is 0. The second kappa shape index (κ2) is 5.72. The van der Waals surface area contributed by atoms with Crippen molar-refractivity contribution in [2.45, 2.75) is 20.8 Å². The SMILES string of the molecule is Cc1cccc(C)c1C.N[SH](=O)=O. The number of thiol groups is 1. The van der Waals surface area contributed by atoms with E-state index < -0.39 is 10.9 Å². The molecule has 13 heavy (non-hydrogen) atoms. The van der Waals surface area contributed by atoms with Gasteiger partial charge in [-0.1, -0.05) is 18.2 Å². The third-order valence-corrected chi connectivity index (χ3v) is 1.88. The summed E-state index contributed by atoms with van der Waals surface area (Å²) in [6.45, 7) is 6.44. The summed E-state index contributed by atoms with van der Waals surface area (Å²) < 4.78 is 17.6. The molecule has 2 N–H and O–H groups in total. The average Bonchev–Trinajstić information content (AvgIpc) is 1.99. The van der Waals surface area contributed by atoms with Crippen LogP contribution < -0.4 is 5.14 Å². The van der Waals surface area contributed by atoms with Gasteiger partial charge in [0.05, 0.1) is 0 Å². The van der Waals surface area contributed by atoms with Crippen molar-refractivity contribution in [3.63, 3.8) is 0 Å². The van der Waals surface area contributed by atoms with Crippen LogP contribution in [0.4, 0.5) is 0 Å². The first-order valence-corrected chi connectivity index (χ1v) is 5.11. The van der Waals surface area contributed by atoms with E-state index in [1.807, 2.05) is 0 Å². The van der Waals surface area contributed by atoms with E-state index in [2.05, 4.69) is 44.1 Å². The third kappa shape index (κ3) is 5.38. The van der Waals surface area contributed by atoms with Gasteiger partial charge in [0.2, 0.25) is 0 Å². The van der Waals surface area contributed by atoms with Crippen molar-refractivity contribution in [3.05, 3.63) is 34.9 Å². The van der Waals surface area contributed by atoms with Crippen LogP contribution in [0.25, 0.3) is 0 Å². The van der Waals surface area contributed by atoms with Gasteiger partial charge in [0.25, 0.3) is 0 Å². The molecule has 0 heterocycles. The standard InChI is InChI=1S/C9H12.H3NO2S/c1-7-5-4-6-8(2)9(7)3;1-4(2)3/h4-6H,1-3H3;4H,(H2,1,2,3). The Morgan fingerprint density at radius 1 is 1.08 bits per heavy atom. The highest BCUT2D eigenvalue weighted by Gasteiger charge is 1.91. The normalized spacial score (nSPS) is 9.31. The molecule has 0 radical (unpaired) electrons. The lowest BCUT2D eigenvalue weighted by Crippen LogP contribution is -1.85. The number of hydrogen-bond acceptors (Lipinski definition) is 2. The van der Waals surface area contributed by atoms with Gasteiger partial charge in [-0.05, 0) is 37.5 Å². The van der Waals surface area contributed by atoms with Gasteiger partial charge < -0.3 is 0 Å². The smallest absolute Gasteiger partial charge is 0.198 e. The van der Waals surface area contributed by atoms with Crippen LogP contribution in [0.5, 0.6) is 0 Å². The second-order valence-electron chi connectivity index (χ2n) is 2.80. The highest BCUT2D eigenvalue weighted by molar-refractivity contribution is 7.69. The van der Waals surface area contributed by atoms with Gasteiger partial charge in [-0.15, -0.1) is 0 Å². The summed E-state index contributed by atoms with van der Waals surface area (Å²) in [5.41, 5.74) is 4.18. The molecular weight excluding hydrogens is 186 g/mol. The van der Waals surface area contributed by atoms with Crippen molar-refractivity contribution < 1.29 is 8.42 Å². The number of rotatable bonds is 0. The van der Waals surface area contributed by atoms with E-state index in [9.17, 15) is 0 Å². The molecule has 0 saturated carbocycles. The monoisotopic (exact) mass is 201 g/mol. The maximum absolute atomic E-state index is 8.81. The fourth-order valence-corrected chi connectivity index (χ4v) is 0.898. The molecule has 0 aliphatic heterocycles. The van der Waals surface area contributed by atoms with Crippen molar-refractivity contribution in [2.24, 2.45) is 5.14 Å². The highest BCUT2D eigenvalue weighted by atomic mass is 32.2. The molecule has 0 aliphatic carbocycles. The molecule has 0 unspecified atom stereocenters. The zero-order chi connectivity index (χ0) is 10.4. The first kappa shape index (κ1) is 12.1. The molecule has 74 valence electrons. The maximum atomic E-state index is 8.81. The minimum atomic E-state index is -2.62. The molecule has 0 amide bonds. The Hall–Kier alpha value is -0.870. The highest BCUT2D eigenvalue weighted by Crippen LogP contribution is 2.09. The lowest BCUT2D eigenvalue weighted by atomic mass is 10.1. The Morgan fingerprint density at radius 3 is 1.62 bits per heavy atom. The van der Waals surface area contributed by atoms with Crippen LogP contribution in [0, 0.1) is 20.8 Å². The van der Waals surface area contributed by atoms with E-state index in [1.165, 1.54) is 16.7 Å². The largest absolute Gasteiger partial charge is 0.231 e. The molecule has 0 fully saturated rings. The van der Waals surface area contributed by atoms with Crippen molar-refractivity contribution in [1.82, 2.24) is 0 Å². The first-order chi connectivity index (χ1) is 5.95. The van der Waals surface area contributed by atoms with Crippen molar-refractivity contribution in [1.29, 1.82) is 0 Å². The zero-order valence-corrected chi connectivity index (χ0v) is 8.97. The number of benzene rings is 1. The summed E-state index contributed by atoms with van der Waals surface area (Å²) in [6.07, 6.45) is 0. The summed E-state index contributed by atoms with van der Waals surface area (Å²) in [5.74, 6) is 0. The molecule has 0 aliphatic rings. The first-order valence-electron chi connectivity index (χ1n) is 3.87. The van der Waals surface area contributed by atoms with E-state index in [1.54, 1.807) is 0 Å². The van der Waals surface area contributed by atoms with E-state index in [4.69, 9.17) is 8.42 Å². The van der Waals surface area contributed by atoms with E-state index >= 15 is 0 Å². The fourth-order valence-electron chi connectivity index (χ4n) is 0.898. The Kier molecular flexibility index (Phi) is 5.34. The van der Waals surface area contributed by atoms with Crippen molar-refractivity contribution in [3.8, 4) is 0 Å². The van der Waals surface area contributed by atoms with Gasteiger partial charge >= 0.3 is 0 Å². The topological polar surface area (TPSA) is 60.2 Å². The Labute approximate surface area is 80.7 Å². The molecule has 0 atom stereocenters. The minimum absolute atomic E-state index is 1.38. The molecule has 1 rings (SSSR count). The zero-order valence-electron chi connectivity index (χ0n) is 8.07. The quantitative estimate of drug-likeness (QED) is 0.617. The van der Waals surface area contributed by atoms with Gasteiger partial charge in [-0.25, -0.2) is 13.6 Å². The Balaban J connectivity index is 0.000000310. The summed E-state index contributed by atoms with van der Waals surface area (Å²) in [6, 6.07) is 6.38. The number of aryl methyl sites for hydroxylation is 2. The number of hydrogen-bond donors (Lipinski definition) is 2. The van der Waals surface area contributed by atoms with E-state index in [0.29, 0.717) is 0 Å². The van der Waals surface area contributed by atoms with Gasteiger partial charge in [0, 0.05) is 0 Å². The van der Waals surface area contributed by atoms with E-state index in [-0.39, 0.29) is 0 Å². The molecule has 3 nitrogen and oxygen atoms in total. The van der Waals surface area contributed by atoms with Crippen LogP contribution >= 0.6 is 0 Å². The maximum Gasteiger partial charge on any atom is 0.198 e. The van der Waals surface area contributed by atoms with Crippen LogP contribution in [0.1, 0.15) is 16.7 Å². The fraction of sp³-hybridized carbons (Fsp3) is 0.333. The van der Waals surface area contributed by atoms with Crippen LogP contribution in [0.15, 0.2) is 18.2 Å².